The quantitative estimate of drug-likeness (QED) is 0.582. The van der Waals surface area contributed by atoms with Gasteiger partial charge in [-0.05, 0) is 42.3 Å². The van der Waals surface area contributed by atoms with Gasteiger partial charge in [-0.3, -0.25) is 4.98 Å². The molecule has 0 N–H and O–H groups in total. The van der Waals surface area contributed by atoms with E-state index in [0.717, 1.165) is 40.4 Å². The lowest BCUT2D eigenvalue weighted by molar-refractivity contribution is -0.694. The maximum absolute atomic E-state index is 6.26. The molecule has 0 spiro atoms. The topological polar surface area (TPSA) is 59.6 Å². The number of benzene rings is 1. The molecule has 6 nitrogen and oxygen atoms in total. The maximum atomic E-state index is 6.26. The zero-order valence-corrected chi connectivity index (χ0v) is 16.5. The molecule has 0 amide bonds. The highest BCUT2D eigenvalue weighted by molar-refractivity contribution is 5.65. The highest BCUT2D eigenvalue weighted by atomic mass is 16.6. The molecule has 29 heavy (non-hydrogen) atoms. The minimum atomic E-state index is -0.289. The number of ether oxygens (including phenoxy) is 2. The predicted octanol–water partition coefficient (Wildman–Crippen LogP) is 5.14. The summed E-state index contributed by atoms with van der Waals surface area (Å²) in [7, 11) is 0. The van der Waals surface area contributed by atoms with E-state index >= 15 is 0 Å². The summed E-state index contributed by atoms with van der Waals surface area (Å²) in [6.07, 6.45) is 6.22. The highest BCUT2D eigenvalue weighted by Crippen LogP contribution is 2.43. The van der Waals surface area contributed by atoms with E-state index in [1.165, 1.54) is 0 Å². The summed E-state index contributed by atoms with van der Waals surface area (Å²) in [5.74, 6) is 2.67. The van der Waals surface area contributed by atoms with E-state index in [9.17, 15) is 0 Å². The summed E-state index contributed by atoms with van der Waals surface area (Å²) < 4.78 is 14.2. The Labute approximate surface area is 169 Å². The fraction of sp³-hybridized carbons (Fsp3) is 0.304. The molecule has 0 fully saturated rings. The van der Waals surface area contributed by atoms with Crippen LogP contribution in [0.4, 0.5) is 5.82 Å². The molecular weight excluding hydrogens is 364 g/mol. The Bertz CT molecular complexity index is 1070. The molecule has 3 aromatic rings. The van der Waals surface area contributed by atoms with E-state index in [1.807, 2.05) is 47.3 Å². The van der Waals surface area contributed by atoms with Gasteiger partial charge in [0.2, 0.25) is 11.9 Å². The first-order chi connectivity index (χ1) is 14.2. The summed E-state index contributed by atoms with van der Waals surface area (Å²) in [4.78, 5) is 8.78. The molecule has 0 radical (unpaired) electrons. The summed E-state index contributed by atoms with van der Waals surface area (Å²) in [5.41, 5.74) is 3.31. The zero-order valence-electron chi connectivity index (χ0n) is 16.5. The third kappa shape index (κ3) is 3.14. The lowest BCUT2D eigenvalue weighted by Gasteiger charge is -2.25. The smallest absolute Gasteiger partial charge is 0.356 e. The third-order valence-electron chi connectivity index (χ3n) is 5.69. The van der Waals surface area contributed by atoms with Gasteiger partial charge in [-0.2, -0.15) is 0 Å². The second-order valence-corrected chi connectivity index (χ2v) is 7.51. The fourth-order valence-corrected chi connectivity index (χ4v) is 3.96. The number of aromatic nitrogens is 2. The molecule has 0 saturated carbocycles. The molecule has 6 heteroatoms. The summed E-state index contributed by atoms with van der Waals surface area (Å²) >= 11 is 0. The van der Waals surface area contributed by atoms with Gasteiger partial charge >= 0.3 is 6.23 Å². The van der Waals surface area contributed by atoms with Crippen molar-refractivity contribution in [2.45, 2.75) is 32.5 Å². The van der Waals surface area contributed by atoms with Crippen molar-refractivity contribution in [2.75, 3.05) is 6.61 Å². The average molecular weight is 387 g/mol. The van der Waals surface area contributed by atoms with Gasteiger partial charge in [0, 0.05) is 35.2 Å². The first-order valence-electron chi connectivity index (χ1n) is 10.0. The number of rotatable bonds is 4. The molecule has 4 heterocycles. The van der Waals surface area contributed by atoms with Gasteiger partial charge in [0.05, 0.1) is 5.56 Å². The molecule has 1 aromatic carbocycles. The SMILES string of the molecule is CCC(C)C1c2cc(-c3ccncc3)cnc2N=[N+]1C1COc2ccccc2O1. The Morgan fingerprint density at radius 1 is 1.10 bits per heavy atom. The van der Waals surface area contributed by atoms with Crippen molar-refractivity contribution in [1.29, 1.82) is 0 Å². The molecule has 5 rings (SSSR count). The molecule has 0 bridgehead atoms. The summed E-state index contributed by atoms with van der Waals surface area (Å²) in [5, 5.41) is 4.84. The first-order valence-corrected chi connectivity index (χ1v) is 10.0. The van der Waals surface area contributed by atoms with Gasteiger partial charge in [0.1, 0.15) is 0 Å². The van der Waals surface area contributed by atoms with Crippen LogP contribution in [0.2, 0.25) is 0 Å². The van der Waals surface area contributed by atoms with Crippen LogP contribution in [-0.4, -0.2) is 27.5 Å². The van der Waals surface area contributed by atoms with Crippen molar-refractivity contribution in [2.24, 2.45) is 11.0 Å². The Morgan fingerprint density at radius 2 is 1.90 bits per heavy atom. The largest absolute Gasteiger partial charge is 0.478 e. The molecule has 146 valence electrons. The predicted molar refractivity (Wildman–Crippen MR) is 108 cm³/mol. The molecule has 0 saturated heterocycles. The monoisotopic (exact) mass is 387 g/mol. The average Bonchev–Trinajstić information content (AvgIpc) is 3.17. The number of nitrogens with zero attached hydrogens (tertiary/aromatic N) is 4. The van der Waals surface area contributed by atoms with Crippen LogP contribution >= 0.6 is 0 Å². The zero-order chi connectivity index (χ0) is 19.8. The van der Waals surface area contributed by atoms with Gasteiger partial charge < -0.3 is 9.47 Å². The summed E-state index contributed by atoms with van der Waals surface area (Å²) in [6, 6.07) is 14.1. The maximum Gasteiger partial charge on any atom is 0.356 e. The van der Waals surface area contributed by atoms with Crippen LogP contribution in [0.3, 0.4) is 0 Å². The fourth-order valence-electron chi connectivity index (χ4n) is 3.96. The van der Waals surface area contributed by atoms with E-state index in [1.54, 1.807) is 12.4 Å². The van der Waals surface area contributed by atoms with Crippen molar-refractivity contribution in [3.63, 3.8) is 0 Å². The van der Waals surface area contributed by atoms with Crippen LogP contribution in [0.1, 0.15) is 31.9 Å². The Hall–Kier alpha value is -3.28. The van der Waals surface area contributed by atoms with Crippen LogP contribution in [-0.2, 0) is 0 Å². The van der Waals surface area contributed by atoms with E-state index in [4.69, 9.17) is 14.6 Å². The number of pyridine rings is 2. The van der Waals surface area contributed by atoms with Crippen LogP contribution in [0.5, 0.6) is 11.5 Å². The third-order valence-corrected chi connectivity index (χ3v) is 5.69. The Balaban J connectivity index is 1.51. The van der Waals surface area contributed by atoms with Crippen molar-refractivity contribution >= 4 is 5.82 Å². The normalized spacial score (nSPS) is 20.7. The van der Waals surface area contributed by atoms with Crippen molar-refractivity contribution in [3.05, 3.63) is 66.6 Å². The van der Waals surface area contributed by atoms with Gasteiger partial charge in [0.25, 0.3) is 0 Å². The second-order valence-electron chi connectivity index (χ2n) is 7.51. The van der Waals surface area contributed by atoms with Crippen LogP contribution in [0, 0.1) is 5.92 Å². The van der Waals surface area contributed by atoms with E-state index in [0.29, 0.717) is 12.5 Å². The van der Waals surface area contributed by atoms with Gasteiger partial charge in [-0.15, -0.1) is 0 Å². The number of fused-ring (bicyclic) bond motifs is 2. The van der Waals surface area contributed by atoms with Crippen LogP contribution in [0.15, 0.2) is 66.2 Å². The van der Waals surface area contributed by atoms with Crippen molar-refractivity contribution in [3.8, 4) is 22.6 Å². The molecular formula is C23H23N4O2+. The first kappa shape index (κ1) is 17.8. The number of hydrogen-bond acceptors (Lipinski definition) is 5. The van der Waals surface area contributed by atoms with Crippen molar-refractivity contribution < 1.29 is 14.2 Å². The second kappa shape index (κ2) is 7.28. The standard InChI is InChI=1S/C23H23N4O2/c1-3-15(2)22-18-12-17(16-8-10-24-11-9-16)13-25-23(18)26-27(22)21-14-28-19-6-4-5-7-20(19)29-21/h4-13,15,21-22H,3,14H2,1-2H3/q+1. The number of azo groups is 2. The molecule has 2 aliphatic rings. The Morgan fingerprint density at radius 3 is 2.69 bits per heavy atom. The Kier molecular flexibility index (Phi) is 4.46. The minimum absolute atomic E-state index is 0.0862. The van der Waals surface area contributed by atoms with E-state index in [2.05, 4.69) is 29.9 Å². The molecule has 2 aromatic heterocycles. The number of para-hydroxylation sites is 2. The lowest BCUT2D eigenvalue weighted by atomic mass is 9.91. The van der Waals surface area contributed by atoms with Gasteiger partial charge in [-0.1, -0.05) is 30.7 Å². The molecule has 2 aliphatic heterocycles. The summed E-state index contributed by atoms with van der Waals surface area (Å²) in [6.45, 7) is 4.88. The van der Waals surface area contributed by atoms with Crippen LogP contribution < -0.4 is 9.47 Å². The molecule has 3 atom stereocenters. The van der Waals surface area contributed by atoms with Gasteiger partial charge in [-0.25, -0.2) is 4.98 Å². The van der Waals surface area contributed by atoms with Gasteiger partial charge in [0.15, 0.2) is 18.1 Å². The minimum Gasteiger partial charge on any atom is -0.478 e. The van der Waals surface area contributed by atoms with E-state index in [-0.39, 0.29) is 12.3 Å². The van der Waals surface area contributed by atoms with Crippen LogP contribution in [0.25, 0.3) is 11.1 Å². The van der Waals surface area contributed by atoms with Crippen molar-refractivity contribution in [1.82, 2.24) is 9.97 Å². The molecule has 0 aliphatic carbocycles. The highest BCUT2D eigenvalue weighted by Gasteiger charge is 2.46. The number of hydrogen-bond donors (Lipinski definition) is 0. The van der Waals surface area contributed by atoms with E-state index < -0.39 is 0 Å². The molecule has 3 unspecified atom stereocenters. The lowest BCUT2D eigenvalue weighted by Crippen LogP contribution is -2.41.